The van der Waals surface area contributed by atoms with E-state index in [1.807, 2.05) is 0 Å². The van der Waals surface area contributed by atoms with Gasteiger partial charge in [-0.15, -0.1) is 12.4 Å². The van der Waals surface area contributed by atoms with Crippen LogP contribution in [0.4, 0.5) is 0 Å². The average molecular weight is 521 g/mol. The zero-order valence-electron chi connectivity index (χ0n) is 18.5. The number of nitrogens with one attached hydrogen (secondary N) is 1. The van der Waals surface area contributed by atoms with Gasteiger partial charge in [-0.3, -0.25) is 4.79 Å². The van der Waals surface area contributed by atoms with E-state index < -0.39 is 6.10 Å². The largest absolute Gasteiger partial charge is 0.507 e. The number of ether oxygens (including phenoxy) is 2. The number of phenols is 1. The van der Waals surface area contributed by atoms with Crippen molar-refractivity contribution in [1.29, 1.82) is 0 Å². The number of aliphatic hydroxyl groups excluding tert-OH is 1. The quantitative estimate of drug-likeness (QED) is 0.204. The number of halogens is 3. The lowest BCUT2D eigenvalue weighted by molar-refractivity contribution is 0.0393. The van der Waals surface area contributed by atoms with E-state index in [2.05, 4.69) is 5.32 Å². The highest BCUT2D eigenvalue weighted by atomic mass is 35.5. The first-order chi connectivity index (χ1) is 15.5. The van der Waals surface area contributed by atoms with Crippen molar-refractivity contribution in [1.82, 2.24) is 5.32 Å². The molecule has 0 aliphatic carbocycles. The first kappa shape index (κ1) is 29.7. The second-order valence-electron chi connectivity index (χ2n) is 7.44. The molecule has 6 nitrogen and oxygen atoms in total. The SMILES string of the molecule is Cl.O=Cc1cc([C@@H](O)CNCCCCCCOCCOCc2c(Cl)cccc2Cl)ccc1O. The second kappa shape index (κ2) is 17.1. The van der Waals surface area contributed by atoms with Crippen LogP contribution in [0.5, 0.6) is 5.75 Å². The van der Waals surface area contributed by atoms with E-state index in [-0.39, 0.29) is 23.7 Å². The van der Waals surface area contributed by atoms with Gasteiger partial charge in [-0.25, -0.2) is 0 Å². The highest BCUT2D eigenvalue weighted by Gasteiger charge is 2.10. The van der Waals surface area contributed by atoms with Crippen LogP contribution in [0, 0.1) is 0 Å². The van der Waals surface area contributed by atoms with Gasteiger partial charge in [0.05, 0.1) is 31.5 Å². The summed E-state index contributed by atoms with van der Waals surface area (Å²) in [6.07, 6.45) is 3.99. The Balaban J connectivity index is 0.00000544. The fourth-order valence-corrected chi connectivity index (χ4v) is 3.61. The standard InChI is InChI=1S/C24H31Cl2NO5.ClH/c25-21-6-5-7-22(26)20(21)17-32-13-12-31-11-4-2-1-3-10-27-15-24(30)18-8-9-23(29)19(14-18)16-28;/h5-9,14,16,24,27,29-30H,1-4,10-13,15,17H2;1H/t24-;/m0./s1. The Kier molecular flexibility index (Phi) is 15.4. The van der Waals surface area contributed by atoms with E-state index >= 15 is 0 Å². The van der Waals surface area contributed by atoms with E-state index in [0.717, 1.165) is 37.8 Å². The first-order valence-corrected chi connectivity index (χ1v) is 11.5. The molecule has 1 atom stereocenters. The molecule has 0 unspecified atom stereocenters. The van der Waals surface area contributed by atoms with Crippen molar-refractivity contribution >= 4 is 41.9 Å². The number of hydrogen-bond acceptors (Lipinski definition) is 6. The molecule has 0 aliphatic heterocycles. The smallest absolute Gasteiger partial charge is 0.153 e. The van der Waals surface area contributed by atoms with E-state index in [4.69, 9.17) is 32.7 Å². The van der Waals surface area contributed by atoms with Crippen molar-refractivity contribution in [3.63, 3.8) is 0 Å². The maximum Gasteiger partial charge on any atom is 0.153 e. The molecule has 3 N–H and O–H groups in total. The Labute approximate surface area is 211 Å². The van der Waals surface area contributed by atoms with Crippen molar-refractivity contribution < 1.29 is 24.5 Å². The van der Waals surface area contributed by atoms with E-state index in [9.17, 15) is 15.0 Å². The lowest BCUT2D eigenvalue weighted by atomic mass is 10.1. The lowest BCUT2D eigenvalue weighted by Gasteiger charge is -2.13. The predicted octanol–water partition coefficient (Wildman–Crippen LogP) is 5.35. The summed E-state index contributed by atoms with van der Waals surface area (Å²) in [5.41, 5.74) is 1.58. The van der Waals surface area contributed by atoms with Crippen LogP contribution in [0.15, 0.2) is 36.4 Å². The monoisotopic (exact) mass is 519 g/mol. The Hall–Kier alpha value is -1.38. The minimum absolute atomic E-state index is 0. The number of carbonyl (C=O) groups excluding carboxylic acids is 1. The number of rotatable bonds is 16. The number of carbonyl (C=O) groups is 1. The molecule has 33 heavy (non-hydrogen) atoms. The Bertz CT molecular complexity index is 817. The Morgan fingerprint density at radius 2 is 1.67 bits per heavy atom. The minimum atomic E-state index is -0.723. The number of benzene rings is 2. The Morgan fingerprint density at radius 1 is 0.970 bits per heavy atom. The molecule has 0 heterocycles. The van der Waals surface area contributed by atoms with Gasteiger partial charge in [0.15, 0.2) is 6.29 Å². The predicted molar refractivity (Wildman–Crippen MR) is 134 cm³/mol. The molecule has 2 rings (SSSR count). The third kappa shape index (κ3) is 11.1. The molecule has 0 fully saturated rings. The molecule has 0 spiro atoms. The van der Waals surface area contributed by atoms with Gasteiger partial charge in [0.1, 0.15) is 5.75 Å². The molecular formula is C24H32Cl3NO5. The lowest BCUT2D eigenvalue weighted by Crippen LogP contribution is -2.22. The zero-order chi connectivity index (χ0) is 23.2. The summed E-state index contributed by atoms with van der Waals surface area (Å²) in [6, 6.07) is 9.93. The van der Waals surface area contributed by atoms with Crippen molar-refractivity contribution in [2.75, 3.05) is 32.9 Å². The number of aldehydes is 1. The van der Waals surface area contributed by atoms with Crippen molar-refractivity contribution in [2.24, 2.45) is 0 Å². The molecule has 0 bridgehead atoms. The Morgan fingerprint density at radius 3 is 2.39 bits per heavy atom. The summed E-state index contributed by atoms with van der Waals surface area (Å²) in [7, 11) is 0. The van der Waals surface area contributed by atoms with Crippen LogP contribution >= 0.6 is 35.6 Å². The summed E-state index contributed by atoms with van der Waals surface area (Å²) in [5.74, 6) is -0.0811. The minimum Gasteiger partial charge on any atom is -0.507 e. The summed E-state index contributed by atoms with van der Waals surface area (Å²) in [5, 5.41) is 24.1. The maximum atomic E-state index is 10.9. The summed E-state index contributed by atoms with van der Waals surface area (Å²) < 4.78 is 11.2. The molecule has 0 amide bonds. The fraction of sp³-hybridized carbons (Fsp3) is 0.458. The highest BCUT2D eigenvalue weighted by molar-refractivity contribution is 6.35. The second-order valence-corrected chi connectivity index (χ2v) is 8.25. The third-order valence-corrected chi connectivity index (χ3v) is 5.68. The van der Waals surface area contributed by atoms with Crippen LogP contribution in [-0.2, 0) is 16.1 Å². The highest BCUT2D eigenvalue weighted by Crippen LogP contribution is 2.24. The van der Waals surface area contributed by atoms with Gasteiger partial charge in [-0.2, -0.15) is 0 Å². The van der Waals surface area contributed by atoms with Crippen molar-refractivity contribution in [2.45, 2.75) is 38.4 Å². The molecule has 0 aromatic heterocycles. The van der Waals surface area contributed by atoms with E-state index in [1.54, 1.807) is 24.3 Å². The number of unbranched alkanes of at least 4 members (excludes halogenated alkanes) is 3. The number of phenolic OH excluding ortho intramolecular Hbond substituents is 1. The van der Waals surface area contributed by atoms with Crippen molar-refractivity contribution in [3.05, 3.63) is 63.1 Å². The molecule has 2 aromatic carbocycles. The molecule has 2 aromatic rings. The van der Waals surface area contributed by atoms with Gasteiger partial charge in [0, 0.05) is 28.8 Å². The average Bonchev–Trinajstić information content (AvgIpc) is 2.78. The van der Waals surface area contributed by atoms with Crippen LogP contribution < -0.4 is 5.32 Å². The van der Waals surface area contributed by atoms with Gasteiger partial charge in [-0.05, 0) is 49.2 Å². The summed E-state index contributed by atoms with van der Waals surface area (Å²) in [6.45, 7) is 3.28. The fourth-order valence-electron chi connectivity index (χ4n) is 3.10. The van der Waals surface area contributed by atoms with E-state index in [1.165, 1.54) is 12.1 Å². The van der Waals surface area contributed by atoms with Crippen LogP contribution in [-0.4, -0.2) is 49.4 Å². The first-order valence-electron chi connectivity index (χ1n) is 10.8. The van der Waals surface area contributed by atoms with Gasteiger partial charge < -0.3 is 25.0 Å². The van der Waals surface area contributed by atoms with Crippen LogP contribution in [0.1, 0.15) is 53.3 Å². The summed E-state index contributed by atoms with van der Waals surface area (Å²) in [4.78, 5) is 10.9. The van der Waals surface area contributed by atoms with E-state index in [0.29, 0.717) is 54.9 Å². The van der Waals surface area contributed by atoms with Gasteiger partial charge in [0.25, 0.3) is 0 Å². The third-order valence-electron chi connectivity index (χ3n) is 4.97. The maximum absolute atomic E-state index is 10.9. The van der Waals surface area contributed by atoms with Gasteiger partial charge >= 0.3 is 0 Å². The van der Waals surface area contributed by atoms with Gasteiger partial charge in [-0.1, -0.05) is 48.2 Å². The molecule has 0 radical (unpaired) electrons. The molecule has 0 aliphatic rings. The van der Waals surface area contributed by atoms with Crippen LogP contribution in [0.2, 0.25) is 10.0 Å². The normalized spacial score (nSPS) is 11.7. The zero-order valence-corrected chi connectivity index (χ0v) is 20.8. The molecule has 184 valence electrons. The van der Waals surface area contributed by atoms with Crippen molar-refractivity contribution in [3.8, 4) is 5.75 Å². The summed E-state index contributed by atoms with van der Waals surface area (Å²) >= 11 is 12.2. The number of aromatic hydroxyl groups is 1. The van der Waals surface area contributed by atoms with Crippen LogP contribution in [0.25, 0.3) is 0 Å². The number of hydrogen-bond donors (Lipinski definition) is 3. The number of aliphatic hydroxyl groups is 1. The molecule has 0 saturated heterocycles. The topological polar surface area (TPSA) is 88.0 Å². The van der Waals surface area contributed by atoms with Crippen LogP contribution in [0.3, 0.4) is 0 Å². The molecule has 9 heteroatoms. The molecule has 0 saturated carbocycles. The van der Waals surface area contributed by atoms with Gasteiger partial charge in [0.2, 0.25) is 0 Å². The molecular weight excluding hydrogens is 489 g/mol.